The van der Waals surface area contributed by atoms with Crippen LogP contribution >= 0.6 is 0 Å². The molecular weight excluding hydrogens is 366 g/mol. The van der Waals surface area contributed by atoms with E-state index in [-0.39, 0.29) is 5.92 Å². The Morgan fingerprint density at radius 2 is 1.73 bits per heavy atom. The van der Waals surface area contributed by atoms with E-state index in [2.05, 4.69) is 49.5 Å². The third kappa shape index (κ3) is 12.7. The van der Waals surface area contributed by atoms with Crippen LogP contribution in [0.15, 0.2) is 133 Å². The van der Waals surface area contributed by atoms with Crippen molar-refractivity contribution in [3.05, 3.63) is 123 Å². The first-order chi connectivity index (χ1) is 14.5. The van der Waals surface area contributed by atoms with Gasteiger partial charge in [-0.3, -0.25) is 5.41 Å². The highest BCUT2D eigenvalue weighted by molar-refractivity contribution is 6.01. The highest BCUT2D eigenvalue weighted by atomic mass is 14.9. The number of nitrogens with one attached hydrogen (secondary N) is 1. The quantitative estimate of drug-likeness (QED) is 0.130. The monoisotopic (exact) mass is 399 g/mol. The Morgan fingerprint density at radius 3 is 2.33 bits per heavy atom. The van der Waals surface area contributed by atoms with Gasteiger partial charge in [-0.05, 0) is 42.1 Å². The molecule has 1 unspecified atom stereocenters. The standard InChI is InChI=1S/C27H33N3/c1-7-15-25(9-3)19-13-11-17-23(5)24(6)18-12-14-20-27(30-22-28)29-21-26(10-4)16-8-2/h7-11,13-15,17,19-22,26,28H,1-6,12,16,18H2/b17-11-,19-13+,20-14+,25-15+,28-22?,29-21?,30-27?. The molecule has 1 atom stereocenters. The molecule has 0 rings (SSSR count). The summed E-state index contributed by atoms with van der Waals surface area (Å²) in [5.41, 5.74) is 2.82. The van der Waals surface area contributed by atoms with Gasteiger partial charge in [-0.25, -0.2) is 9.98 Å². The molecule has 3 heteroatoms. The van der Waals surface area contributed by atoms with E-state index in [4.69, 9.17) is 5.41 Å². The first-order valence-electron chi connectivity index (χ1n) is 9.70. The van der Waals surface area contributed by atoms with Gasteiger partial charge in [0.25, 0.3) is 0 Å². The largest absolute Gasteiger partial charge is 0.289 e. The van der Waals surface area contributed by atoms with Gasteiger partial charge in [0.15, 0.2) is 5.84 Å². The average molecular weight is 400 g/mol. The van der Waals surface area contributed by atoms with Crippen molar-refractivity contribution in [2.75, 3.05) is 0 Å². The molecule has 156 valence electrons. The zero-order valence-corrected chi connectivity index (χ0v) is 17.8. The van der Waals surface area contributed by atoms with Crippen LogP contribution in [0.4, 0.5) is 0 Å². The summed E-state index contributed by atoms with van der Waals surface area (Å²) >= 11 is 0. The maximum absolute atomic E-state index is 7.18. The minimum atomic E-state index is 0.102. The lowest BCUT2D eigenvalue weighted by Gasteiger charge is -2.03. The molecule has 0 heterocycles. The molecule has 0 aromatic heterocycles. The molecule has 0 saturated heterocycles. The summed E-state index contributed by atoms with van der Waals surface area (Å²) in [4.78, 5) is 8.29. The van der Waals surface area contributed by atoms with Gasteiger partial charge in [0.1, 0.15) is 6.34 Å². The molecule has 1 N–H and O–H groups in total. The van der Waals surface area contributed by atoms with E-state index in [0.29, 0.717) is 5.84 Å². The van der Waals surface area contributed by atoms with E-state index in [0.717, 1.165) is 42.3 Å². The van der Waals surface area contributed by atoms with Crippen LogP contribution in [0.25, 0.3) is 0 Å². The first kappa shape index (κ1) is 26.4. The summed E-state index contributed by atoms with van der Waals surface area (Å²) in [5, 5.41) is 7.18. The van der Waals surface area contributed by atoms with Crippen LogP contribution in [0.1, 0.15) is 19.3 Å². The van der Waals surface area contributed by atoms with Gasteiger partial charge in [-0.15, -0.1) is 13.2 Å². The third-order valence-corrected chi connectivity index (χ3v) is 3.91. The molecule has 0 aliphatic rings. The second kappa shape index (κ2) is 17.5. The first-order valence-corrected chi connectivity index (χ1v) is 9.70. The van der Waals surface area contributed by atoms with Crippen LogP contribution in [0, 0.1) is 11.3 Å². The molecular formula is C27H33N3. The maximum Gasteiger partial charge on any atom is 0.152 e. The zero-order valence-electron chi connectivity index (χ0n) is 17.8. The molecule has 0 aliphatic heterocycles. The topological polar surface area (TPSA) is 48.6 Å². The summed E-state index contributed by atoms with van der Waals surface area (Å²) in [7, 11) is 0. The van der Waals surface area contributed by atoms with E-state index in [1.54, 1.807) is 24.4 Å². The smallest absolute Gasteiger partial charge is 0.152 e. The van der Waals surface area contributed by atoms with Gasteiger partial charge in [-0.1, -0.05) is 87.1 Å². The molecule has 3 nitrogen and oxygen atoms in total. The molecule has 0 bridgehead atoms. The van der Waals surface area contributed by atoms with E-state index in [1.165, 1.54) is 0 Å². The summed E-state index contributed by atoms with van der Waals surface area (Å²) in [5.74, 6) is 0.576. The number of hydrogen-bond donors (Lipinski definition) is 1. The van der Waals surface area contributed by atoms with Crippen LogP contribution in [-0.2, 0) is 0 Å². The van der Waals surface area contributed by atoms with Crippen molar-refractivity contribution in [1.29, 1.82) is 5.41 Å². The molecule has 0 fully saturated rings. The third-order valence-electron chi connectivity index (χ3n) is 3.91. The van der Waals surface area contributed by atoms with Gasteiger partial charge in [0, 0.05) is 12.1 Å². The highest BCUT2D eigenvalue weighted by Crippen LogP contribution is 2.14. The van der Waals surface area contributed by atoms with Crippen LogP contribution in [0.3, 0.4) is 0 Å². The summed E-state index contributed by atoms with van der Waals surface area (Å²) < 4.78 is 0. The Morgan fingerprint density at radius 1 is 1.00 bits per heavy atom. The second-order valence-corrected chi connectivity index (χ2v) is 6.21. The van der Waals surface area contributed by atoms with Crippen molar-refractivity contribution in [2.24, 2.45) is 15.9 Å². The van der Waals surface area contributed by atoms with Crippen molar-refractivity contribution in [2.45, 2.75) is 19.3 Å². The zero-order chi connectivity index (χ0) is 22.6. The summed E-state index contributed by atoms with van der Waals surface area (Å²) in [6, 6.07) is 0. The molecule has 0 amide bonds. The SMILES string of the molecule is C=C/C=C(C=C)/C=C/C=C\C(=C)C(=C)CC/C=C/C(N=CC(C=C)CC=C)=NC=N. The van der Waals surface area contributed by atoms with E-state index < -0.39 is 0 Å². The van der Waals surface area contributed by atoms with Crippen LogP contribution in [0.5, 0.6) is 0 Å². The van der Waals surface area contributed by atoms with Gasteiger partial charge in [0.05, 0.1) is 0 Å². The van der Waals surface area contributed by atoms with Crippen LogP contribution in [0.2, 0.25) is 0 Å². The summed E-state index contributed by atoms with van der Waals surface area (Å²) in [6.45, 7) is 23.1. The number of aliphatic imine (C=N–C) groups is 2. The Labute approximate surface area is 182 Å². The number of nitrogens with zero attached hydrogens (tertiary/aromatic N) is 2. The van der Waals surface area contributed by atoms with Gasteiger partial charge in [0.2, 0.25) is 0 Å². The minimum Gasteiger partial charge on any atom is -0.289 e. The highest BCUT2D eigenvalue weighted by Gasteiger charge is 1.98. The molecule has 0 spiro atoms. The number of amidine groups is 1. The molecule has 30 heavy (non-hydrogen) atoms. The molecule has 0 aromatic rings. The van der Waals surface area contributed by atoms with Crippen molar-refractivity contribution in [3.8, 4) is 0 Å². The van der Waals surface area contributed by atoms with Crippen LogP contribution in [-0.4, -0.2) is 18.4 Å². The average Bonchev–Trinajstić information content (AvgIpc) is 2.75. The Hall–Kier alpha value is -3.59. The normalized spacial score (nSPS) is 13.7. The lowest BCUT2D eigenvalue weighted by atomic mass is 10.0. The number of hydrogen-bond acceptors (Lipinski definition) is 1. The minimum absolute atomic E-state index is 0.102. The fraction of sp³-hybridized carbons (Fsp3) is 0.148. The van der Waals surface area contributed by atoms with Crippen LogP contribution < -0.4 is 0 Å². The second-order valence-electron chi connectivity index (χ2n) is 6.21. The molecule has 0 radical (unpaired) electrons. The predicted octanol–water partition coefficient (Wildman–Crippen LogP) is 7.30. The lowest BCUT2D eigenvalue weighted by molar-refractivity contribution is 0.905. The Kier molecular flexibility index (Phi) is 15.4. The number of allylic oxidation sites excluding steroid dienone is 13. The van der Waals surface area contributed by atoms with Gasteiger partial charge in [-0.2, -0.15) is 0 Å². The Balaban J connectivity index is 4.70. The fourth-order valence-corrected chi connectivity index (χ4v) is 2.16. The number of rotatable bonds is 15. The summed E-state index contributed by atoms with van der Waals surface area (Å²) in [6.07, 6.45) is 25.5. The predicted molar refractivity (Wildman–Crippen MR) is 137 cm³/mol. The van der Waals surface area contributed by atoms with Crippen molar-refractivity contribution in [1.82, 2.24) is 0 Å². The van der Waals surface area contributed by atoms with E-state index in [9.17, 15) is 0 Å². The van der Waals surface area contributed by atoms with Gasteiger partial charge < -0.3 is 0 Å². The Bertz CT molecular complexity index is 811. The lowest BCUT2D eigenvalue weighted by Crippen LogP contribution is -1.99. The maximum atomic E-state index is 7.18. The van der Waals surface area contributed by atoms with Crippen molar-refractivity contribution < 1.29 is 0 Å². The van der Waals surface area contributed by atoms with Crippen molar-refractivity contribution >= 4 is 18.4 Å². The van der Waals surface area contributed by atoms with E-state index in [1.807, 2.05) is 48.6 Å². The molecule has 0 saturated carbocycles. The fourth-order valence-electron chi connectivity index (χ4n) is 2.16. The molecule has 0 aromatic carbocycles. The van der Waals surface area contributed by atoms with E-state index >= 15 is 0 Å². The molecule has 0 aliphatic carbocycles. The van der Waals surface area contributed by atoms with Crippen molar-refractivity contribution in [3.63, 3.8) is 0 Å². The van der Waals surface area contributed by atoms with Gasteiger partial charge >= 0.3 is 0 Å².